The molecule has 3 aromatic carbocycles. The molecule has 0 radical (unpaired) electrons. The average molecular weight is 519 g/mol. The van der Waals surface area contributed by atoms with Crippen molar-refractivity contribution in [2.24, 2.45) is 7.05 Å². The summed E-state index contributed by atoms with van der Waals surface area (Å²) in [6.45, 7) is 0.426. The van der Waals surface area contributed by atoms with Gasteiger partial charge in [-0.2, -0.15) is 0 Å². The highest BCUT2D eigenvalue weighted by Crippen LogP contribution is 2.18. The van der Waals surface area contributed by atoms with Gasteiger partial charge in [-0.15, -0.1) is 0 Å². The Labute approximate surface area is 207 Å². The van der Waals surface area contributed by atoms with E-state index in [1.807, 2.05) is 80.8 Å². The van der Waals surface area contributed by atoms with Crippen LogP contribution < -0.4 is 5.32 Å². The first-order chi connectivity index (χ1) is 16.4. The zero-order chi connectivity index (χ0) is 24.1. The number of imidazole rings is 1. The Bertz CT molecular complexity index is 1300. The molecule has 1 N–H and O–H groups in total. The molecule has 0 aliphatic heterocycles. The molecule has 1 atom stereocenters. The largest absolute Gasteiger partial charge is 0.349 e. The number of carbonyl (C=O) groups excluding carboxylic acids is 2. The number of amides is 2. The van der Waals surface area contributed by atoms with Crippen molar-refractivity contribution in [2.45, 2.75) is 18.9 Å². The van der Waals surface area contributed by atoms with Crippen molar-refractivity contribution >= 4 is 38.8 Å². The summed E-state index contributed by atoms with van der Waals surface area (Å²) in [6, 6.07) is 25.1. The first-order valence-corrected chi connectivity index (χ1v) is 12.0. The summed E-state index contributed by atoms with van der Waals surface area (Å²) < 4.78 is 2.66. The number of aromatic nitrogens is 2. The molecule has 7 heteroatoms. The first-order valence-electron chi connectivity index (χ1n) is 11.2. The number of fused-ring (bicyclic) bond motifs is 1. The van der Waals surface area contributed by atoms with Gasteiger partial charge in [0.1, 0.15) is 0 Å². The van der Waals surface area contributed by atoms with E-state index in [4.69, 9.17) is 0 Å². The van der Waals surface area contributed by atoms with Crippen LogP contribution in [0.15, 0.2) is 83.3 Å². The molecule has 1 heterocycles. The number of benzene rings is 3. The van der Waals surface area contributed by atoms with Gasteiger partial charge in [0, 0.05) is 36.7 Å². The van der Waals surface area contributed by atoms with Crippen LogP contribution in [-0.2, 0) is 13.5 Å². The molecule has 0 fully saturated rings. The predicted octanol–water partition coefficient (Wildman–Crippen LogP) is 4.84. The molecule has 1 unspecified atom stereocenters. The Kier molecular flexibility index (Phi) is 7.43. The minimum atomic E-state index is -0.224. The quantitative estimate of drug-likeness (QED) is 0.363. The van der Waals surface area contributed by atoms with Gasteiger partial charge in [0.2, 0.25) is 0 Å². The highest BCUT2D eigenvalue weighted by Gasteiger charge is 2.23. The molecule has 0 saturated carbocycles. The third-order valence-corrected chi connectivity index (χ3v) is 6.50. The monoisotopic (exact) mass is 518 g/mol. The van der Waals surface area contributed by atoms with Gasteiger partial charge < -0.3 is 14.8 Å². The molecule has 4 aromatic rings. The predicted molar refractivity (Wildman–Crippen MR) is 138 cm³/mol. The standard InChI is InChI=1S/C27H27BrN4O2/c1-31(27(34)20-11-8-12-21(28)18-20)22(17-19-9-4-3-5-10-19)15-16-29-26(33)25-30-23-13-6-7-14-24(23)32(25)2/h3-14,18,22H,15-17H2,1-2H3,(H,29,33). The van der Waals surface area contributed by atoms with Gasteiger partial charge in [-0.25, -0.2) is 4.98 Å². The van der Waals surface area contributed by atoms with E-state index < -0.39 is 0 Å². The molecule has 34 heavy (non-hydrogen) atoms. The third kappa shape index (κ3) is 5.37. The summed E-state index contributed by atoms with van der Waals surface area (Å²) in [7, 11) is 3.66. The summed E-state index contributed by atoms with van der Waals surface area (Å²) >= 11 is 3.44. The summed E-state index contributed by atoms with van der Waals surface area (Å²) in [5.74, 6) is 0.0985. The SMILES string of the molecule is CN(C(=O)c1cccc(Br)c1)C(CCNC(=O)c1nc2ccccc2n1C)Cc1ccccc1. The van der Waals surface area contributed by atoms with Crippen LogP contribution >= 0.6 is 15.9 Å². The second-order valence-corrected chi connectivity index (χ2v) is 9.21. The molecular weight excluding hydrogens is 492 g/mol. The zero-order valence-corrected chi connectivity index (χ0v) is 20.8. The number of rotatable bonds is 8. The summed E-state index contributed by atoms with van der Waals surface area (Å²) in [4.78, 5) is 32.3. The molecule has 0 aliphatic rings. The van der Waals surface area contributed by atoms with E-state index in [1.54, 1.807) is 9.47 Å². The van der Waals surface area contributed by atoms with Gasteiger partial charge in [-0.3, -0.25) is 9.59 Å². The van der Waals surface area contributed by atoms with E-state index >= 15 is 0 Å². The number of nitrogens with zero attached hydrogens (tertiary/aromatic N) is 3. The topological polar surface area (TPSA) is 67.2 Å². The van der Waals surface area contributed by atoms with E-state index in [2.05, 4.69) is 38.4 Å². The maximum absolute atomic E-state index is 13.2. The lowest BCUT2D eigenvalue weighted by atomic mass is 10.0. The minimum Gasteiger partial charge on any atom is -0.349 e. The molecular formula is C27H27BrN4O2. The van der Waals surface area contributed by atoms with Gasteiger partial charge in [-0.1, -0.05) is 64.5 Å². The number of likely N-dealkylation sites (N-methyl/N-ethyl adjacent to an activating group) is 1. The van der Waals surface area contributed by atoms with Crippen molar-refractivity contribution in [3.63, 3.8) is 0 Å². The van der Waals surface area contributed by atoms with Crippen LogP contribution in [0.1, 0.15) is 33.0 Å². The first kappa shape index (κ1) is 23.7. The normalized spacial score (nSPS) is 11.9. The van der Waals surface area contributed by atoms with Gasteiger partial charge in [-0.05, 0) is 48.7 Å². The number of para-hydroxylation sites is 2. The van der Waals surface area contributed by atoms with Crippen LogP contribution in [-0.4, -0.2) is 45.9 Å². The fourth-order valence-electron chi connectivity index (χ4n) is 4.09. The molecule has 174 valence electrons. The molecule has 0 bridgehead atoms. The smallest absolute Gasteiger partial charge is 0.287 e. The van der Waals surface area contributed by atoms with Crippen molar-refractivity contribution in [3.8, 4) is 0 Å². The van der Waals surface area contributed by atoms with Gasteiger partial charge in [0.25, 0.3) is 11.8 Å². The molecule has 1 aromatic heterocycles. The van der Waals surface area contributed by atoms with E-state index in [9.17, 15) is 9.59 Å². The molecule has 0 aliphatic carbocycles. The highest BCUT2D eigenvalue weighted by atomic mass is 79.9. The third-order valence-electron chi connectivity index (χ3n) is 6.01. The van der Waals surface area contributed by atoms with Gasteiger partial charge >= 0.3 is 0 Å². The van der Waals surface area contributed by atoms with Crippen LogP contribution in [0, 0.1) is 0 Å². The van der Waals surface area contributed by atoms with Crippen LogP contribution in [0.2, 0.25) is 0 Å². The van der Waals surface area contributed by atoms with Gasteiger partial charge in [0.05, 0.1) is 11.0 Å². The van der Waals surface area contributed by atoms with Crippen LogP contribution in [0.3, 0.4) is 0 Å². The van der Waals surface area contributed by atoms with Crippen LogP contribution in [0.5, 0.6) is 0 Å². The molecule has 6 nitrogen and oxygen atoms in total. The van der Waals surface area contributed by atoms with Crippen molar-refractivity contribution in [1.82, 2.24) is 19.8 Å². The lowest BCUT2D eigenvalue weighted by Crippen LogP contribution is -2.41. The molecule has 2 amide bonds. The summed E-state index contributed by atoms with van der Waals surface area (Å²) in [5.41, 5.74) is 3.46. The number of hydrogen-bond acceptors (Lipinski definition) is 3. The summed E-state index contributed by atoms with van der Waals surface area (Å²) in [6.07, 6.45) is 1.31. The highest BCUT2D eigenvalue weighted by molar-refractivity contribution is 9.10. The second-order valence-electron chi connectivity index (χ2n) is 8.30. The Hall–Kier alpha value is -3.45. The average Bonchev–Trinajstić information content (AvgIpc) is 3.19. The fraction of sp³-hybridized carbons (Fsp3) is 0.222. The van der Waals surface area contributed by atoms with E-state index in [0.29, 0.717) is 30.8 Å². The number of hydrogen-bond donors (Lipinski definition) is 1. The van der Waals surface area contributed by atoms with Crippen molar-refractivity contribution in [1.29, 1.82) is 0 Å². The maximum Gasteiger partial charge on any atom is 0.287 e. The minimum absolute atomic E-state index is 0.0519. The van der Waals surface area contributed by atoms with E-state index in [0.717, 1.165) is 21.1 Å². The molecule has 0 saturated heterocycles. The number of carbonyl (C=O) groups is 2. The second kappa shape index (κ2) is 10.7. The van der Waals surface area contributed by atoms with Crippen molar-refractivity contribution < 1.29 is 9.59 Å². The lowest BCUT2D eigenvalue weighted by molar-refractivity contribution is 0.0722. The Balaban J connectivity index is 1.47. The lowest BCUT2D eigenvalue weighted by Gasteiger charge is -2.29. The van der Waals surface area contributed by atoms with E-state index in [1.165, 1.54) is 0 Å². The Morgan fingerprint density at radius 2 is 1.76 bits per heavy atom. The molecule has 0 spiro atoms. The number of aryl methyl sites for hydroxylation is 1. The Morgan fingerprint density at radius 1 is 1.03 bits per heavy atom. The summed E-state index contributed by atoms with van der Waals surface area (Å²) in [5, 5.41) is 2.99. The van der Waals surface area contributed by atoms with Crippen molar-refractivity contribution in [2.75, 3.05) is 13.6 Å². The van der Waals surface area contributed by atoms with Gasteiger partial charge in [0.15, 0.2) is 5.82 Å². The van der Waals surface area contributed by atoms with Crippen LogP contribution in [0.4, 0.5) is 0 Å². The maximum atomic E-state index is 13.2. The van der Waals surface area contributed by atoms with Crippen LogP contribution in [0.25, 0.3) is 11.0 Å². The number of nitrogens with one attached hydrogen (secondary N) is 1. The number of halogens is 1. The zero-order valence-electron chi connectivity index (χ0n) is 19.2. The van der Waals surface area contributed by atoms with E-state index in [-0.39, 0.29) is 17.9 Å². The molecule has 4 rings (SSSR count). The Morgan fingerprint density at radius 3 is 2.50 bits per heavy atom. The fourth-order valence-corrected chi connectivity index (χ4v) is 4.49. The van der Waals surface area contributed by atoms with Crippen molar-refractivity contribution in [3.05, 3.63) is 100 Å².